The van der Waals surface area contributed by atoms with Crippen molar-refractivity contribution in [3.05, 3.63) is 24.3 Å². The van der Waals surface area contributed by atoms with E-state index in [2.05, 4.69) is 12.1 Å². The second kappa shape index (κ2) is 5.45. The van der Waals surface area contributed by atoms with E-state index in [4.69, 9.17) is 4.74 Å². The van der Waals surface area contributed by atoms with E-state index in [0.717, 1.165) is 11.0 Å². The van der Waals surface area contributed by atoms with Gasteiger partial charge in [-0.25, -0.2) is 0 Å². The van der Waals surface area contributed by atoms with Crippen molar-refractivity contribution in [2.24, 2.45) is 0 Å². The van der Waals surface area contributed by atoms with Crippen LogP contribution in [0.25, 0.3) is 0 Å². The largest absolute Gasteiger partial charge is 0.496 e. The summed E-state index contributed by atoms with van der Waals surface area (Å²) in [6.45, 7) is 0. The van der Waals surface area contributed by atoms with Crippen molar-refractivity contribution in [2.45, 2.75) is 42.2 Å². The Morgan fingerprint density at radius 2 is 1.87 bits per heavy atom. The molecule has 2 heteroatoms. The Morgan fingerprint density at radius 1 is 1.13 bits per heavy atom. The smallest absolute Gasteiger partial charge is 0.132 e. The average Bonchev–Trinajstić information content (AvgIpc) is 2.31. The molecular weight excluding hydrogens is 204 g/mol. The van der Waals surface area contributed by atoms with E-state index in [0.29, 0.717) is 0 Å². The summed E-state index contributed by atoms with van der Waals surface area (Å²) < 4.78 is 5.37. The van der Waals surface area contributed by atoms with E-state index in [1.807, 2.05) is 23.9 Å². The predicted molar refractivity (Wildman–Crippen MR) is 65.7 cm³/mol. The highest BCUT2D eigenvalue weighted by molar-refractivity contribution is 8.00. The van der Waals surface area contributed by atoms with E-state index >= 15 is 0 Å². The fourth-order valence-electron chi connectivity index (χ4n) is 2.08. The molecule has 0 amide bonds. The Balaban J connectivity index is 2.02. The molecule has 0 bridgehead atoms. The van der Waals surface area contributed by atoms with Gasteiger partial charge < -0.3 is 4.74 Å². The number of para-hydroxylation sites is 1. The van der Waals surface area contributed by atoms with Gasteiger partial charge in [-0.15, -0.1) is 11.8 Å². The third-order valence-corrected chi connectivity index (χ3v) is 4.31. The molecule has 82 valence electrons. The fourth-order valence-corrected chi connectivity index (χ4v) is 3.43. The maximum absolute atomic E-state index is 5.37. The maximum atomic E-state index is 5.37. The zero-order valence-electron chi connectivity index (χ0n) is 9.24. The first-order valence-corrected chi connectivity index (χ1v) is 6.58. The van der Waals surface area contributed by atoms with Gasteiger partial charge in [0.15, 0.2) is 0 Å². The van der Waals surface area contributed by atoms with Gasteiger partial charge in [0.25, 0.3) is 0 Å². The number of benzene rings is 1. The molecule has 0 unspecified atom stereocenters. The molecule has 0 spiro atoms. The van der Waals surface area contributed by atoms with Crippen LogP contribution in [0.2, 0.25) is 0 Å². The Bertz CT molecular complexity index is 305. The van der Waals surface area contributed by atoms with Crippen LogP contribution < -0.4 is 4.74 Å². The highest BCUT2D eigenvalue weighted by Gasteiger charge is 2.16. The number of ether oxygens (including phenoxy) is 1. The van der Waals surface area contributed by atoms with Gasteiger partial charge in [-0.2, -0.15) is 0 Å². The van der Waals surface area contributed by atoms with Gasteiger partial charge in [0.1, 0.15) is 5.75 Å². The molecule has 15 heavy (non-hydrogen) atoms. The minimum absolute atomic E-state index is 0.801. The number of hydrogen-bond acceptors (Lipinski definition) is 2. The quantitative estimate of drug-likeness (QED) is 0.761. The standard InChI is InChI=1S/C13H18OS/c1-14-12-9-5-6-10-13(12)15-11-7-3-2-4-8-11/h5-6,9-11H,2-4,7-8H2,1H3. The van der Waals surface area contributed by atoms with Crippen molar-refractivity contribution in [1.82, 2.24) is 0 Å². The van der Waals surface area contributed by atoms with Gasteiger partial charge >= 0.3 is 0 Å². The number of methoxy groups -OCH3 is 1. The lowest BCUT2D eigenvalue weighted by molar-refractivity contribution is 0.404. The van der Waals surface area contributed by atoms with Gasteiger partial charge in [0.2, 0.25) is 0 Å². The molecule has 1 saturated carbocycles. The topological polar surface area (TPSA) is 9.23 Å². The summed E-state index contributed by atoms with van der Waals surface area (Å²) in [5.41, 5.74) is 0. The zero-order valence-corrected chi connectivity index (χ0v) is 10.1. The Labute approximate surface area is 96.2 Å². The van der Waals surface area contributed by atoms with Crippen LogP contribution in [0, 0.1) is 0 Å². The van der Waals surface area contributed by atoms with Crippen molar-refractivity contribution in [3.63, 3.8) is 0 Å². The molecule has 1 aromatic carbocycles. The molecule has 0 radical (unpaired) electrons. The van der Waals surface area contributed by atoms with Crippen LogP contribution in [0.3, 0.4) is 0 Å². The van der Waals surface area contributed by atoms with Crippen LogP contribution in [0.15, 0.2) is 29.2 Å². The summed E-state index contributed by atoms with van der Waals surface area (Å²) >= 11 is 1.99. The Kier molecular flexibility index (Phi) is 3.95. The minimum atomic E-state index is 0.801. The first-order valence-electron chi connectivity index (χ1n) is 5.70. The lowest BCUT2D eigenvalue weighted by atomic mass is 10.0. The SMILES string of the molecule is COc1ccccc1SC1CCCCC1. The van der Waals surface area contributed by atoms with Gasteiger partial charge in [-0.3, -0.25) is 0 Å². The minimum Gasteiger partial charge on any atom is -0.496 e. The monoisotopic (exact) mass is 222 g/mol. The van der Waals surface area contributed by atoms with Crippen LogP contribution in [0.1, 0.15) is 32.1 Å². The van der Waals surface area contributed by atoms with E-state index in [-0.39, 0.29) is 0 Å². The summed E-state index contributed by atoms with van der Waals surface area (Å²) in [7, 11) is 1.75. The van der Waals surface area contributed by atoms with Crippen molar-refractivity contribution >= 4 is 11.8 Å². The van der Waals surface area contributed by atoms with Crippen molar-refractivity contribution in [3.8, 4) is 5.75 Å². The average molecular weight is 222 g/mol. The van der Waals surface area contributed by atoms with Crippen LogP contribution in [-0.2, 0) is 0 Å². The molecule has 1 aromatic rings. The van der Waals surface area contributed by atoms with Crippen LogP contribution in [-0.4, -0.2) is 12.4 Å². The van der Waals surface area contributed by atoms with Gasteiger partial charge in [-0.1, -0.05) is 31.4 Å². The molecule has 1 aliphatic carbocycles. The normalized spacial score (nSPS) is 17.7. The number of hydrogen-bond donors (Lipinski definition) is 0. The molecule has 0 aliphatic heterocycles. The van der Waals surface area contributed by atoms with Crippen LogP contribution >= 0.6 is 11.8 Å². The second-order valence-electron chi connectivity index (χ2n) is 4.03. The molecule has 1 aliphatic rings. The first kappa shape index (κ1) is 10.9. The summed E-state index contributed by atoms with van der Waals surface area (Å²) in [6.07, 6.45) is 6.94. The zero-order chi connectivity index (χ0) is 10.5. The molecule has 0 N–H and O–H groups in total. The van der Waals surface area contributed by atoms with Crippen molar-refractivity contribution < 1.29 is 4.74 Å². The van der Waals surface area contributed by atoms with Gasteiger partial charge in [-0.05, 0) is 25.0 Å². The second-order valence-corrected chi connectivity index (χ2v) is 5.37. The molecule has 2 rings (SSSR count). The Morgan fingerprint density at radius 3 is 2.60 bits per heavy atom. The summed E-state index contributed by atoms with van der Waals surface area (Å²) in [6, 6.07) is 8.33. The van der Waals surface area contributed by atoms with Crippen molar-refractivity contribution in [2.75, 3.05) is 7.11 Å². The van der Waals surface area contributed by atoms with E-state index in [1.165, 1.54) is 37.0 Å². The third-order valence-electron chi connectivity index (χ3n) is 2.91. The fraction of sp³-hybridized carbons (Fsp3) is 0.538. The van der Waals surface area contributed by atoms with Gasteiger partial charge in [0, 0.05) is 10.1 Å². The molecule has 0 saturated heterocycles. The lowest BCUT2D eigenvalue weighted by Gasteiger charge is -2.21. The molecule has 0 heterocycles. The van der Waals surface area contributed by atoms with E-state index < -0.39 is 0 Å². The molecule has 0 atom stereocenters. The third kappa shape index (κ3) is 2.91. The molecular formula is C13H18OS. The maximum Gasteiger partial charge on any atom is 0.132 e. The molecule has 1 fully saturated rings. The highest BCUT2D eigenvalue weighted by atomic mass is 32.2. The summed E-state index contributed by atoms with van der Waals surface area (Å²) in [5, 5.41) is 0.801. The first-order chi connectivity index (χ1) is 7.40. The molecule has 1 nitrogen and oxygen atoms in total. The van der Waals surface area contributed by atoms with E-state index in [9.17, 15) is 0 Å². The van der Waals surface area contributed by atoms with Crippen molar-refractivity contribution in [1.29, 1.82) is 0 Å². The molecule has 0 aromatic heterocycles. The van der Waals surface area contributed by atoms with Gasteiger partial charge in [0.05, 0.1) is 7.11 Å². The Hall–Kier alpha value is -0.630. The predicted octanol–water partition coefficient (Wildman–Crippen LogP) is 4.12. The van der Waals surface area contributed by atoms with E-state index in [1.54, 1.807) is 7.11 Å². The number of thioether (sulfide) groups is 1. The summed E-state index contributed by atoms with van der Waals surface area (Å²) in [4.78, 5) is 1.30. The van der Waals surface area contributed by atoms with Crippen LogP contribution in [0.5, 0.6) is 5.75 Å². The van der Waals surface area contributed by atoms with Crippen LogP contribution in [0.4, 0.5) is 0 Å². The lowest BCUT2D eigenvalue weighted by Crippen LogP contribution is -2.07. The summed E-state index contributed by atoms with van der Waals surface area (Å²) in [5.74, 6) is 1.02. The highest BCUT2D eigenvalue weighted by Crippen LogP contribution is 2.37. The number of rotatable bonds is 3.